The van der Waals surface area contributed by atoms with Gasteiger partial charge in [0.1, 0.15) is 6.29 Å². The maximum absolute atomic E-state index is 10.9. The second-order valence-corrected chi connectivity index (χ2v) is 3.02. The Morgan fingerprint density at radius 3 is 2.60 bits per heavy atom. The fraction of sp³-hybridized carbons (Fsp3) is 0.273. The van der Waals surface area contributed by atoms with Crippen LogP contribution in [0.5, 0.6) is 0 Å². The zero-order valence-electron chi connectivity index (χ0n) is 8.53. The molecule has 4 heteroatoms. The van der Waals surface area contributed by atoms with Gasteiger partial charge in [0.05, 0.1) is 7.11 Å². The van der Waals surface area contributed by atoms with E-state index < -0.39 is 6.09 Å². The normalized spacial score (nSPS) is 9.40. The molecule has 0 atom stereocenters. The highest BCUT2D eigenvalue weighted by Crippen LogP contribution is 2.10. The van der Waals surface area contributed by atoms with Crippen molar-refractivity contribution in [2.24, 2.45) is 0 Å². The van der Waals surface area contributed by atoms with E-state index in [9.17, 15) is 9.59 Å². The molecule has 0 aromatic heterocycles. The van der Waals surface area contributed by atoms with Gasteiger partial charge in [-0.1, -0.05) is 12.1 Å². The smallest absolute Gasteiger partial charge is 0.411 e. The molecule has 0 unspecified atom stereocenters. The third kappa shape index (κ3) is 3.81. The monoisotopic (exact) mass is 207 g/mol. The number of carbonyl (C=O) groups is 2. The molecule has 80 valence electrons. The lowest BCUT2D eigenvalue weighted by Crippen LogP contribution is -2.10. The van der Waals surface area contributed by atoms with E-state index in [1.165, 1.54) is 7.11 Å². The topological polar surface area (TPSA) is 55.4 Å². The number of rotatable bonds is 4. The van der Waals surface area contributed by atoms with Crippen molar-refractivity contribution in [2.75, 3.05) is 12.4 Å². The molecule has 1 aromatic rings. The van der Waals surface area contributed by atoms with Crippen LogP contribution in [0.4, 0.5) is 10.5 Å². The van der Waals surface area contributed by atoms with Crippen LogP contribution < -0.4 is 5.32 Å². The first-order valence-electron chi connectivity index (χ1n) is 4.64. The molecule has 1 amide bonds. The van der Waals surface area contributed by atoms with E-state index in [0.717, 1.165) is 18.3 Å². The standard InChI is InChI=1S/C11H13NO3/c1-15-11(14)12-10-6-4-9(5-7-10)3-2-8-13/h4-8H,2-3H2,1H3,(H,12,14). The van der Waals surface area contributed by atoms with Crippen molar-refractivity contribution in [3.63, 3.8) is 0 Å². The van der Waals surface area contributed by atoms with Crippen LogP contribution in [0.15, 0.2) is 24.3 Å². The average molecular weight is 207 g/mol. The molecule has 0 spiro atoms. The number of hydrogen-bond donors (Lipinski definition) is 1. The van der Waals surface area contributed by atoms with Gasteiger partial charge in [-0.15, -0.1) is 0 Å². The second-order valence-electron chi connectivity index (χ2n) is 3.02. The van der Waals surface area contributed by atoms with Crippen molar-refractivity contribution < 1.29 is 14.3 Å². The number of hydrogen-bond acceptors (Lipinski definition) is 3. The summed E-state index contributed by atoms with van der Waals surface area (Å²) in [7, 11) is 1.31. The van der Waals surface area contributed by atoms with E-state index >= 15 is 0 Å². The van der Waals surface area contributed by atoms with E-state index in [-0.39, 0.29) is 0 Å². The molecule has 0 aliphatic rings. The number of nitrogens with one attached hydrogen (secondary N) is 1. The summed E-state index contributed by atoms with van der Waals surface area (Å²) in [5.41, 5.74) is 1.74. The van der Waals surface area contributed by atoms with Crippen LogP contribution in [-0.4, -0.2) is 19.5 Å². The Bertz CT molecular complexity index is 332. The Balaban J connectivity index is 2.55. The zero-order chi connectivity index (χ0) is 11.1. The lowest BCUT2D eigenvalue weighted by atomic mass is 10.1. The largest absolute Gasteiger partial charge is 0.453 e. The maximum Gasteiger partial charge on any atom is 0.411 e. The molecular formula is C11H13NO3. The summed E-state index contributed by atoms with van der Waals surface area (Å²) in [5.74, 6) is 0. The van der Waals surface area contributed by atoms with Crippen LogP contribution in [-0.2, 0) is 16.0 Å². The minimum Gasteiger partial charge on any atom is -0.453 e. The summed E-state index contributed by atoms with van der Waals surface area (Å²) < 4.78 is 4.45. The molecule has 0 aliphatic carbocycles. The van der Waals surface area contributed by atoms with E-state index in [1.54, 1.807) is 12.1 Å². The number of aryl methyl sites for hydroxylation is 1. The molecule has 0 saturated carbocycles. The Labute approximate surface area is 88.2 Å². The van der Waals surface area contributed by atoms with E-state index in [4.69, 9.17) is 0 Å². The SMILES string of the molecule is COC(=O)Nc1ccc(CCC=O)cc1. The Morgan fingerprint density at radius 2 is 2.07 bits per heavy atom. The molecule has 0 aliphatic heterocycles. The molecule has 0 heterocycles. The predicted octanol–water partition coefficient (Wildman–Crippen LogP) is 2.00. The first-order chi connectivity index (χ1) is 7.26. The molecular weight excluding hydrogens is 194 g/mol. The van der Waals surface area contributed by atoms with E-state index in [2.05, 4.69) is 10.1 Å². The van der Waals surface area contributed by atoms with Crippen molar-refractivity contribution in [2.45, 2.75) is 12.8 Å². The second kappa shape index (κ2) is 5.80. The van der Waals surface area contributed by atoms with Gasteiger partial charge in [0.15, 0.2) is 0 Å². The van der Waals surface area contributed by atoms with Gasteiger partial charge < -0.3 is 9.53 Å². The molecule has 1 rings (SSSR count). The summed E-state index contributed by atoms with van der Waals surface area (Å²) in [6, 6.07) is 7.29. The maximum atomic E-state index is 10.9. The van der Waals surface area contributed by atoms with Crippen molar-refractivity contribution in [1.29, 1.82) is 0 Å². The molecule has 0 fully saturated rings. The lowest BCUT2D eigenvalue weighted by molar-refractivity contribution is -0.107. The molecule has 15 heavy (non-hydrogen) atoms. The van der Waals surface area contributed by atoms with Gasteiger partial charge in [-0.25, -0.2) is 4.79 Å². The van der Waals surface area contributed by atoms with Crippen LogP contribution in [0.3, 0.4) is 0 Å². The van der Waals surface area contributed by atoms with Crippen LogP contribution in [0.25, 0.3) is 0 Å². The number of benzene rings is 1. The summed E-state index contributed by atoms with van der Waals surface area (Å²) in [4.78, 5) is 21.0. The highest BCUT2D eigenvalue weighted by molar-refractivity contribution is 5.84. The number of carbonyl (C=O) groups excluding carboxylic acids is 2. The fourth-order valence-corrected chi connectivity index (χ4v) is 1.15. The van der Waals surface area contributed by atoms with Gasteiger partial charge in [0, 0.05) is 12.1 Å². The van der Waals surface area contributed by atoms with Crippen molar-refractivity contribution in [1.82, 2.24) is 0 Å². The number of methoxy groups -OCH3 is 1. The summed E-state index contributed by atoms with van der Waals surface area (Å²) in [6.07, 6.45) is 1.64. The zero-order valence-corrected chi connectivity index (χ0v) is 8.53. The highest BCUT2D eigenvalue weighted by atomic mass is 16.5. The number of ether oxygens (including phenoxy) is 1. The van der Waals surface area contributed by atoms with E-state index in [1.807, 2.05) is 12.1 Å². The van der Waals surface area contributed by atoms with Gasteiger partial charge in [-0.2, -0.15) is 0 Å². The summed E-state index contributed by atoms with van der Waals surface area (Å²) in [5, 5.41) is 2.54. The minimum atomic E-state index is -0.490. The van der Waals surface area contributed by atoms with Crippen molar-refractivity contribution in [3.05, 3.63) is 29.8 Å². The molecule has 1 N–H and O–H groups in total. The van der Waals surface area contributed by atoms with Crippen molar-refractivity contribution >= 4 is 18.1 Å². The van der Waals surface area contributed by atoms with Crippen LogP contribution in [0.1, 0.15) is 12.0 Å². The summed E-state index contributed by atoms with van der Waals surface area (Å²) >= 11 is 0. The summed E-state index contributed by atoms with van der Waals surface area (Å²) in [6.45, 7) is 0. The van der Waals surface area contributed by atoms with Crippen molar-refractivity contribution in [3.8, 4) is 0 Å². The van der Waals surface area contributed by atoms with Crippen LogP contribution in [0, 0.1) is 0 Å². The quantitative estimate of drug-likeness (QED) is 0.768. The van der Waals surface area contributed by atoms with Gasteiger partial charge in [0.25, 0.3) is 0 Å². The minimum absolute atomic E-state index is 0.490. The Hall–Kier alpha value is -1.84. The van der Waals surface area contributed by atoms with Gasteiger partial charge in [0.2, 0.25) is 0 Å². The van der Waals surface area contributed by atoms with Gasteiger partial charge in [-0.05, 0) is 24.1 Å². The Morgan fingerprint density at radius 1 is 1.40 bits per heavy atom. The van der Waals surface area contributed by atoms with E-state index in [0.29, 0.717) is 12.1 Å². The van der Waals surface area contributed by atoms with Crippen LogP contribution >= 0.6 is 0 Å². The third-order valence-corrected chi connectivity index (χ3v) is 1.94. The number of aldehydes is 1. The third-order valence-electron chi connectivity index (χ3n) is 1.94. The predicted molar refractivity (Wildman–Crippen MR) is 56.9 cm³/mol. The average Bonchev–Trinajstić information content (AvgIpc) is 2.28. The lowest BCUT2D eigenvalue weighted by Gasteiger charge is -2.04. The number of anilines is 1. The molecule has 1 aromatic carbocycles. The highest BCUT2D eigenvalue weighted by Gasteiger charge is 1.99. The van der Waals surface area contributed by atoms with Gasteiger partial charge >= 0.3 is 6.09 Å². The molecule has 0 radical (unpaired) electrons. The Kier molecular flexibility index (Phi) is 4.34. The molecule has 0 saturated heterocycles. The fourth-order valence-electron chi connectivity index (χ4n) is 1.15. The van der Waals surface area contributed by atoms with Gasteiger partial charge in [-0.3, -0.25) is 5.32 Å². The molecule has 4 nitrogen and oxygen atoms in total. The first-order valence-corrected chi connectivity index (χ1v) is 4.64. The first kappa shape index (κ1) is 11.2. The molecule has 0 bridgehead atoms. The number of amides is 1. The van der Waals surface area contributed by atoms with Crippen LogP contribution in [0.2, 0.25) is 0 Å².